The fourth-order valence-corrected chi connectivity index (χ4v) is 2.20. The topological polar surface area (TPSA) is 29.5 Å². The Morgan fingerprint density at radius 1 is 0.950 bits per heavy atom. The van der Waals surface area contributed by atoms with E-state index in [0.717, 1.165) is 22.4 Å². The first-order valence-corrected chi connectivity index (χ1v) is 6.84. The van der Waals surface area contributed by atoms with Crippen LogP contribution < -0.4 is 4.74 Å². The predicted molar refractivity (Wildman–Crippen MR) is 83.1 cm³/mol. The second-order valence-electron chi connectivity index (χ2n) is 6.06. The summed E-state index contributed by atoms with van der Waals surface area (Å²) < 4.78 is 5.29. The van der Waals surface area contributed by atoms with Crippen molar-refractivity contribution in [1.82, 2.24) is 0 Å². The third-order valence-corrected chi connectivity index (χ3v) is 3.47. The highest BCUT2D eigenvalue weighted by atomic mass is 16.5. The SMILES string of the molecule is COc1cc(CO)cc(-c2ccc(C(C)(C)C)cc2)c1. The Bertz CT molecular complexity index is 555. The van der Waals surface area contributed by atoms with Crippen LogP contribution in [0.2, 0.25) is 0 Å². The molecule has 0 atom stereocenters. The second-order valence-corrected chi connectivity index (χ2v) is 6.06. The fourth-order valence-electron chi connectivity index (χ4n) is 2.20. The molecular weight excluding hydrogens is 248 g/mol. The molecule has 20 heavy (non-hydrogen) atoms. The zero-order valence-electron chi connectivity index (χ0n) is 12.6. The number of hydrogen-bond donors (Lipinski definition) is 1. The van der Waals surface area contributed by atoms with Crippen LogP contribution in [0.5, 0.6) is 5.75 Å². The zero-order chi connectivity index (χ0) is 14.8. The van der Waals surface area contributed by atoms with Gasteiger partial charge in [-0.2, -0.15) is 0 Å². The van der Waals surface area contributed by atoms with Crippen molar-refractivity contribution in [3.05, 3.63) is 53.6 Å². The van der Waals surface area contributed by atoms with Crippen LogP contribution in [0.4, 0.5) is 0 Å². The molecule has 0 unspecified atom stereocenters. The maximum Gasteiger partial charge on any atom is 0.119 e. The average Bonchev–Trinajstić information content (AvgIpc) is 2.46. The van der Waals surface area contributed by atoms with Crippen LogP contribution in [0.15, 0.2) is 42.5 Å². The van der Waals surface area contributed by atoms with E-state index in [9.17, 15) is 5.11 Å². The van der Waals surface area contributed by atoms with Crippen LogP contribution >= 0.6 is 0 Å². The highest BCUT2D eigenvalue weighted by Crippen LogP contribution is 2.29. The maximum absolute atomic E-state index is 9.32. The lowest BCUT2D eigenvalue weighted by atomic mass is 9.86. The molecule has 0 saturated heterocycles. The molecule has 2 heteroatoms. The van der Waals surface area contributed by atoms with Crippen molar-refractivity contribution in [1.29, 1.82) is 0 Å². The molecule has 2 aromatic carbocycles. The Kier molecular flexibility index (Phi) is 4.15. The van der Waals surface area contributed by atoms with Crippen molar-refractivity contribution >= 4 is 0 Å². The zero-order valence-corrected chi connectivity index (χ0v) is 12.6. The van der Waals surface area contributed by atoms with Crippen LogP contribution in [-0.4, -0.2) is 12.2 Å². The van der Waals surface area contributed by atoms with E-state index in [1.54, 1.807) is 7.11 Å². The average molecular weight is 270 g/mol. The van der Waals surface area contributed by atoms with E-state index in [0.29, 0.717) is 0 Å². The van der Waals surface area contributed by atoms with Crippen LogP contribution in [0.25, 0.3) is 11.1 Å². The van der Waals surface area contributed by atoms with Gasteiger partial charge in [-0.1, -0.05) is 45.0 Å². The Morgan fingerprint density at radius 2 is 1.60 bits per heavy atom. The van der Waals surface area contributed by atoms with Crippen LogP contribution in [0.1, 0.15) is 31.9 Å². The van der Waals surface area contributed by atoms with Gasteiger partial charge >= 0.3 is 0 Å². The molecule has 0 saturated carbocycles. The molecule has 0 aromatic heterocycles. The standard InChI is InChI=1S/C18H22O2/c1-18(2,3)16-7-5-14(6-8-16)15-9-13(12-19)10-17(11-15)20-4/h5-11,19H,12H2,1-4H3. The quantitative estimate of drug-likeness (QED) is 0.907. The first-order chi connectivity index (χ1) is 9.44. The number of benzene rings is 2. The summed E-state index contributed by atoms with van der Waals surface area (Å²) in [6.07, 6.45) is 0. The molecule has 2 aromatic rings. The van der Waals surface area contributed by atoms with Crippen LogP contribution in [-0.2, 0) is 12.0 Å². The van der Waals surface area contributed by atoms with Crippen molar-refractivity contribution in [3.63, 3.8) is 0 Å². The van der Waals surface area contributed by atoms with Gasteiger partial charge in [-0.05, 0) is 45.9 Å². The number of ether oxygens (including phenoxy) is 1. The normalized spacial score (nSPS) is 11.4. The summed E-state index contributed by atoms with van der Waals surface area (Å²) in [5.41, 5.74) is 4.52. The molecule has 2 rings (SSSR count). The largest absolute Gasteiger partial charge is 0.497 e. The van der Waals surface area contributed by atoms with Gasteiger partial charge in [0, 0.05) is 0 Å². The van der Waals surface area contributed by atoms with Crippen molar-refractivity contribution in [2.75, 3.05) is 7.11 Å². The molecule has 0 fully saturated rings. The van der Waals surface area contributed by atoms with Gasteiger partial charge in [0.1, 0.15) is 5.75 Å². The van der Waals surface area contributed by atoms with E-state index in [1.165, 1.54) is 5.56 Å². The summed E-state index contributed by atoms with van der Waals surface area (Å²) in [4.78, 5) is 0. The van der Waals surface area contributed by atoms with Gasteiger partial charge in [0.15, 0.2) is 0 Å². The molecule has 1 N–H and O–H groups in total. The molecular formula is C18H22O2. The minimum Gasteiger partial charge on any atom is -0.497 e. The minimum atomic E-state index is 0.0181. The second kappa shape index (κ2) is 5.68. The third-order valence-electron chi connectivity index (χ3n) is 3.47. The van der Waals surface area contributed by atoms with E-state index in [2.05, 4.69) is 45.0 Å². The predicted octanol–water partition coefficient (Wildman–Crippen LogP) is 4.15. The van der Waals surface area contributed by atoms with E-state index in [4.69, 9.17) is 4.74 Å². The number of aliphatic hydroxyl groups excluding tert-OH is 1. The number of rotatable bonds is 3. The Hall–Kier alpha value is -1.80. The summed E-state index contributed by atoms with van der Waals surface area (Å²) in [5, 5.41) is 9.32. The first kappa shape index (κ1) is 14.6. The molecule has 0 radical (unpaired) electrons. The molecule has 0 aliphatic rings. The first-order valence-electron chi connectivity index (χ1n) is 6.84. The van der Waals surface area contributed by atoms with Crippen molar-refractivity contribution in [2.24, 2.45) is 0 Å². The van der Waals surface area contributed by atoms with Gasteiger partial charge in [-0.3, -0.25) is 0 Å². The van der Waals surface area contributed by atoms with Crippen LogP contribution in [0, 0.1) is 0 Å². The smallest absolute Gasteiger partial charge is 0.119 e. The highest BCUT2D eigenvalue weighted by Gasteiger charge is 2.13. The number of aliphatic hydroxyl groups is 1. The van der Waals surface area contributed by atoms with Crippen LogP contribution in [0.3, 0.4) is 0 Å². The van der Waals surface area contributed by atoms with Crippen molar-refractivity contribution in [3.8, 4) is 16.9 Å². The van der Waals surface area contributed by atoms with E-state index in [-0.39, 0.29) is 12.0 Å². The lowest BCUT2D eigenvalue weighted by Crippen LogP contribution is -2.10. The van der Waals surface area contributed by atoms with Crippen molar-refractivity contribution < 1.29 is 9.84 Å². The molecule has 0 bridgehead atoms. The van der Waals surface area contributed by atoms with E-state index in [1.807, 2.05) is 18.2 Å². The molecule has 2 nitrogen and oxygen atoms in total. The Balaban J connectivity index is 2.41. The van der Waals surface area contributed by atoms with Gasteiger partial charge in [-0.15, -0.1) is 0 Å². The Labute approximate surface area is 121 Å². The summed E-state index contributed by atoms with van der Waals surface area (Å²) >= 11 is 0. The highest BCUT2D eigenvalue weighted by molar-refractivity contribution is 5.66. The lowest BCUT2D eigenvalue weighted by Gasteiger charge is -2.19. The fraction of sp³-hybridized carbons (Fsp3) is 0.333. The summed E-state index contributed by atoms with van der Waals surface area (Å²) in [6.45, 7) is 6.64. The van der Waals surface area contributed by atoms with Crippen molar-refractivity contribution in [2.45, 2.75) is 32.8 Å². The molecule has 0 heterocycles. The minimum absolute atomic E-state index is 0.0181. The lowest BCUT2D eigenvalue weighted by molar-refractivity contribution is 0.281. The summed E-state index contributed by atoms with van der Waals surface area (Å²) in [6, 6.07) is 14.4. The number of methoxy groups -OCH3 is 1. The third kappa shape index (κ3) is 3.20. The molecule has 0 amide bonds. The maximum atomic E-state index is 9.32. The summed E-state index contributed by atoms with van der Waals surface area (Å²) in [5.74, 6) is 0.770. The van der Waals surface area contributed by atoms with Gasteiger partial charge in [-0.25, -0.2) is 0 Å². The summed E-state index contributed by atoms with van der Waals surface area (Å²) in [7, 11) is 1.64. The molecule has 0 aliphatic heterocycles. The van der Waals surface area contributed by atoms with E-state index >= 15 is 0 Å². The van der Waals surface area contributed by atoms with E-state index < -0.39 is 0 Å². The van der Waals surface area contributed by atoms with Gasteiger partial charge in [0.05, 0.1) is 13.7 Å². The van der Waals surface area contributed by atoms with Gasteiger partial charge < -0.3 is 9.84 Å². The monoisotopic (exact) mass is 270 g/mol. The molecule has 0 aliphatic carbocycles. The molecule has 106 valence electrons. The Morgan fingerprint density at radius 3 is 2.10 bits per heavy atom. The number of hydrogen-bond acceptors (Lipinski definition) is 2. The molecule has 0 spiro atoms. The van der Waals surface area contributed by atoms with Gasteiger partial charge in [0.2, 0.25) is 0 Å². The van der Waals surface area contributed by atoms with Gasteiger partial charge in [0.25, 0.3) is 0 Å².